The highest BCUT2D eigenvalue weighted by atomic mass is 31.2. The fraction of sp³-hybridized carbons (Fsp3) is 0.562. The molecule has 118 valence electrons. The van der Waals surface area contributed by atoms with Gasteiger partial charge in [0.2, 0.25) is 7.37 Å². The maximum Gasteiger partial charge on any atom is 0.315 e. The van der Waals surface area contributed by atoms with Gasteiger partial charge in [-0.3, -0.25) is 9.36 Å². The molecule has 0 amide bonds. The highest BCUT2D eigenvalue weighted by Gasteiger charge is 2.30. The molecule has 1 aromatic carbocycles. The Morgan fingerprint density at radius 1 is 1.05 bits per heavy atom. The molecule has 4 nitrogen and oxygen atoms in total. The molecule has 0 aliphatic rings. The first-order valence-electron chi connectivity index (χ1n) is 7.57. The monoisotopic (exact) mass is 312 g/mol. The van der Waals surface area contributed by atoms with Crippen molar-refractivity contribution in [3.63, 3.8) is 0 Å². The average molecular weight is 312 g/mol. The Hall–Kier alpha value is -1.12. The van der Waals surface area contributed by atoms with E-state index in [2.05, 4.69) is 0 Å². The maximum atomic E-state index is 13.0. The number of rotatable bonds is 10. The van der Waals surface area contributed by atoms with Crippen molar-refractivity contribution in [1.29, 1.82) is 0 Å². The van der Waals surface area contributed by atoms with Crippen molar-refractivity contribution in [3.8, 4) is 0 Å². The first-order valence-corrected chi connectivity index (χ1v) is 9.38. The van der Waals surface area contributed by atoms with E-state index in [0.29, 0.717) is 18.5 Å². The molecular formula is C16H25O4P. The van der Waals surface area contributed by atoms with E-state index in [-0.39, 0.29) is 6.16 Å². The van der Waals surface area contributed by atoms with E-state index >= 15 is 0 Å². The molecule has 0 aromatic heterocycles. The molecule has 0 fully saturated rings. The Morgan fingerprint density at radius 3 is 2.29 bits per heavy atom. The van der Waals surface area contributed by atoms with Crippen LogP contribution in [0.3, 0.4) is 0 Å². The summed E-state index contributed by atoms with van der Waals surface area (Å²) < 4.78 is 23.7. The minimum absolute atomic E-state index is 0.190. The number of carbonyl (C=O) groups excluding carboxylic acids is 1. The topological polar surface area (TPSA) is 52.6 Å². The number of carbonyl (C=O) groups is 1. The van der Waals surface area contributed by atoms with Crippen LogP contribution in [0.15, 0.2) is 30.3 Å². The van der Waals surface area contributed by atoms with Crippen LogP contribution in [0.4, 0.5) is 0 Å². The van der Waals surface area contributed by atoms with Crippen LogP contribution in [-0.4, -0.2) is 25.3 Å². The highest BCUT2D eigenvalue weighted by Crippen LogP contribution is 2.45. The molecule has 0 aliphatic carbocycles. The van der Waals surface area contributed by atoms with Crippen molar-refractivity contribution in [1.82, 2.24) is 0 Å². The van der Waals surface area contributed by atoms with Crippen LogP contribution in [0.5, 0.6) is 0 Å². The molecule has 1 aromatic rings. The Morgan fingerprint density at radius 2 is 1.67 bits per heavy atom. The van der Waals surface area contributed by atoms with Crippen molar-refractivity contribution in [2.45, 2.75) is 39.5 Å². The Balaban J connectivity index is 2.73. The van der Waals surface area contributed by atoms with Gasteiger partial charge in [0.15, 0.2) is 0 Å². The van der Waals surface area contributed by atoms with Gasteiger partial charge in [-0.05, 0) is 25.0 Å². The molecule has 0 bridgehead atoms. The number of hydrogen-bond donors (Lipinski definition) is 0. The summed E-state index contributed by atoms with van der Waals surface area (Å²) in [5.74, 6) is -0.452. The lowest BCUT2D eigenvalue weighted by molar-refractivity contribution is -0.140. The normalized spacial score (nSPS) is 13.6. The summed E-state index contributed by atoms with van der Waals surface area (Å²) in [4.78, 5) is 11.9. The van der Waals surface area contributed by atoms with Crippen LogP contribution < -0.4 is 5.30 Å². The third kappa shape index (κ3) is 6.45. The fourth-order valence-corrected chi connectivity index (χ4v) is 3.67. The van der Waals surface area contributed by atoms with Gasteiger partial charge in [0.05, 0.1) is 13.2 Å². The van der Waals surface area contributed by atoms with Gasteiger partial charge in [0.1, 0.15) is 6.16 Å². The van der Waals surface area contributed by atoms with Crippen LogP contribution >= 0.6 is 7.37 Å². The van der Waals surface area contributed by atoms with Gasteiger partial charge in [0.25, 0.3) is 0 Å². The van der Waals surface area contributed by atoms with Crippen LogP contribution in [0.2, 0.25) is 0 Å². The lowest BCUT2D eigenvalue weighted by Gasteiger charge is -2.18. The zero-order valence-corrected chi connectivity index (χ0v) is 13.8. The van der Waals surface area contributed by atoms with Crippen LogP contribution in [0.1, 0.15) is 39.5 Å². The summed E-state index contributed by atoms with van der Waals surface area (Å²) in [5.41, 5.74) is 0. The molecule has 21 heavy (non-hydrogen) atoms. The number of hydrogen-bond acceptors (Lipinski definition) is 4. The van der Waals surface area contributed by atoms with E-state index in [1.165, 1.54) is 0 Å². The zero-order chi connectivity index (χ0) is 15.6. The van der Waals surface area contributed by atoms with Crippen LogP contribution in [-0.2, 0) is 18.6 Å². The summed E-state index contributed by atoms with van der Waals surface area (Å²) >= 11 is 0. The molecule has 0 heterocycles. The van der Waals surface area contributed by atoms with Crippen molar-refractivity contribution >= 4 is 18.6 Å². The molecule has 0 unspecified atom stereocenters. The van der Waals surface area contributed by atoms with E-state index < -0.39 is 13.3 Å². The number of benzene rings is 1. The summed E-state index contributed by atoms with van der Waals surface area (Å²) in [7, 11) is -3.18. The van der Waals surface area contributed by atoms with E-state index in [9.17, 15) is 9.36 Å². The van der Waals surface area contributed by atoms with Crippen molar-refractivity contribution in [2.24, 2.45) is 0 Å². The molecule has 1 atom stereocenters. The standard InChI is InChI=1S/C16H25O4P/c1-3-5-12-19-16(17)14-21(18,20-13-6-4-2)15-10-8-7-9-11-15/h7-11H,3-6,12-14H2,1-2H3/t21-/m0/s1. The first-order chi connectivity index (χ1) is 10.1. The van der Waals surface area contributed by atoms with Gasteiger partial charge in [0, 0.05) is 5.30 Å². The number of esters is 1. The first kappa shape index (κ1) is 17.9. The molecule has 5 heteroatoms. The third-order valence-corrected chi connectivity index (χ3v) is 5.40. The lowest BCUT2D eigenvalue weighted by atomic mass is 10.4. The van der Waals surface area contributed by atoms with E-state index in [1.54, 1.807) is 24.3 Å². The predicted molar refractivity (Wildman–Crippen MR) is 85.3 cm³/mol. The molecule has 0 aliphatic heterocycles. The lowest BCUT2D eigenvalue weighted by Crippen LogP contribution is -2.19. The minimum Gasteiger partial charge on any atom is -0.465 e. The van der Waals surface area contributed by atoms with Gasteiger partial charge >= 0.3 is 5.97 Å². The Bertz CT molecular complexity index is 459. The van der Waals surface area contributed by atoms with Gasteiger partial charge in [-0.1, -0.05) is 44.9 Å². The van der Waals surface area contributed by atoms with Gasteiger partial charge in [-0.15, -0.1) is 0 Å². The van der Waals surface area contributed by atoms with Gasteiger partial charge in [-0.2, -0.15) is 0 Å². The third-order valence-electron chi connectivity index (χ3n) is 3.05. The Kier molecular flexibility index (Phi) is 8.33. The van der Waals surface area contributed by atoms with Crippen molar-refractivity contribution in [3.05, 3.63) is 30.3 Å². The summed E-state index contributed by atoms with van der Waals surface area (Å²) in [6.45, 7) is 4.83. The van der Waals surface area contributed by atoms with Crippen molar-refractivity contribution in [2.75, 3.05) is 19.4 Å². The second-order valence-corrected chi connectivity index (χ2v) is 7.37. The number of unbranched alkanes of at least 4 members (excludes halogenated alkanes) is 2. The molecular weight excluding hydrogens is 287 g/mol. The predicted octanol–water partition coefficient (Wildman–Crippen LogP) is 3.75. The molecule has 1 rings (SSSR count). The summed E-state index contributed by atoms with van der Waals surface area (Å²) in [6, 6.07) is 8.93. The second-order valence-electron chi connectivity index (χ2n) is 4.93. The van der Waals surface area contributed by atoms with Gasteiger partial charge < -0.3 is 9.26 Å². The van der Waals surface area contributed by atoms with E-state index in [4.69, 9.17) is 9.26 Å². The van der Waals surface area contributed by atoms with Crippen molar-refractivity contribution < 1.29 is 18.6 Å². The molecule has 0 radical (unpaired) electrons. The minimum atomic E-state index is -3.18. The summed E-state index contributed by atoms with van der Waals surface area (Å²) in [5, 5.41) is 0.577. The maximum absolute atomic E-state index is 13.0. The van der Waals surface area contributed by atoms with Gasteiger partial charge in [-0.25, -0.2) is 0 Å². The Labute approximate surface area is 127 Å². The SMILES string of the molecule is CCCCOC(=O)C[P@](=O)(OCCCC)c1ccccc1. The largest absolute Gasteiger partial charge is 0.465 e. The molecule has 0 saturated heterocycles. The smallest absolute Gasteiger partial charge is 0.315 e. The van der Waals surface area contributed by atoms with Crippen LogP contribution in [0, 0.1) is 0 Å². The average Bonchev–Trinajstić information content (AvgIpc) is 2.48. The highest BCUT2D eigenvalue weighted by molar-refractivity contribution is 7.67. The summed E-state index contributed by atoms with van der Waals surface area (Å²) in [6.07, 6.45) is 3.36. The molecule has 0 N–H and O–H groups in total. The van der Waals surface area contributed by atoms with E-state index in [0.717, 1.165) is 25.7 Å². The fourth-order valence-electron chi connectivity index (χ4n) is 1.77. The van der Waals surface area contributed by atoms with E-state index in [1.807, 2.05) is 19.9 Å². The quantitative estimate of drug-likeness (QED) is 0.375. The zero-order valence-electron chi connectivity index (χ0n) is 12.9. The molecule has 0 saturated carbocycles. The van der Waals surface area contributed by atoms with Crippen LogP contribution in [0.25, 0.3) is 0 Å². The second kappa shape index (κ2) is 9.75. The molecule has 0 spiro atoms. The number of ether oxygens (including phenoxy) is 1.